The normalized spacial score (nSPS) is 15.0. The molecule has 5 heteroatoms. The van der Waals surface area contributed by atoms with E-state index in [1.54, 1.807) is 18.2 Å². The highest BCUT2D eigenvalue weighted by atomic mass is 35.5. The van der Waals surface area contributed by atoms with Crippen molar-refractivity contribution in [3.8, 4) is 0 Å². The molecule has 84 valence electrons. The third-order valence-corrected chi connectivity index (χ3v) is 2.74. The SMILES string of the molecule is OCCC(O)C(O)c1c(Cl)cccc1Cl. The van der Waals surface area contributed by atoms with Crippen molar-refractivity contribution in [1.29, 1.82) is 0 Å². The minimum atomic E-state index is -1.18. The van der Waals surface area contributed by atoms with E-state index in [4.69, 9.17) is 28.3 Å². The molecule has 1 aromatic rings. The molecule has 0 saturated heterocycles. The second-order valence-electron chi connectivity index (χ2n) is 3.16. The van der Waals surface area contributed by atoms with Crippen LogP contribution in [0.2, 0.25) is 10.0 Å². The van der Waals surface area contributed by atoms with E-state index in [1.165, 1.54) is 0 Å². The van der Waals surface area contributed by atoms with Gasteiger partial charge in [-0.15, -0.1) is 0 Å². The van der Waals surface area contributed by atoms with Crippen LogP contribution in [0.25, 0.3) is 0 Å². The molecule has 0 amide bonds. The summed E-state index contributed by atoms with van der Waals surface area (Å²) in [6, 6.07) is 4.81. The van der Waals surface area contributed by atoms with Crippen LogP contribution in [-0.4, -0.2) is 28.0 Å². The van der Waals surface area contributed by atoms with Gasteiger partial charge in [-0.2, -0.15) is 0 Å². The van der Waals surface area contributed by atoms with Crippen LogP contribution in [-0.2, 0) is 0 Å². The maximum Gasteiger partial charge on any atom is 0.108 e. The molecule has 0 spiro atoms. The molecule has 0 aromatic heterocycles. The molecule has 3 N–H and O–H groups in total. The quantitative estimate of drug-likeness (QED) is 0.764. The molecule has 0 aliphatic carbocycles. The molecule has 2 unspecified atom stereocenters. The average Bonchev–Trinajstić information content (AvgIpc) is 2.17. The van der Waals surface area contributed by atoms with Crippen LogP contribution >= 0.6 is 23.2 Å². The lowest BCUT2D eigenvalue weighted by Gasteiger charge is -2.19. The molecule has 0 aliphatic heterocycles. The second kappa shape index (κ2) is 5.68. The average molecular weight is 251 g/mol. The van der Waals surface area contributed by atoms with Crippen LogP contribution in [0.1, 0.15) is 18.1 Å². The molecule has 2 atom stereocenters. The third-order valence-electron chi connectivity index (χ3n) is 2.08. The van der Waals surface area contributed by atoms with Crippen molar-refractivity contribution in [3.05, 3.63) is 33.8 Å². The molecule has 0 saturated carbocycles. The summed E-state index contributed by atoms with van der Waals surface area (Å²) in [5, 5.41) is 28.5. The highest BCUT2D eigenvalue weighted by molar-refractivity contribution is 6.36. The van der Waals surface area contributed by atoms with Crippen molar-refractivity contribution in [2.24, 2.45) is 0 Å². The molecule has 3 nitrogen and oxygen atoms in total. The van der Waals surface area contributed by atoms with Crippen molar-refractivity contribution in [2.75, 3.05) is 6.61 Å². The molecule has 0 bridgehead atoms. The minimum Gasteiger partial charge on any atom is -0.396 e. The first-order valence-electron chi connectivity index (χ1n) is 4.48. The van der Waals surface area contributed by atoms with Gasteiger partial charge in [0.25, 0.3) is 0 Å². The third kappa shape index (κ3) is 3.06. The summed E-state index contributed by atoms with van der Waals surface area (Å²) in [7, 11) is 0. The summed E-state index contributed by atoms with van der Waals surface area (Å²) < 4.78 is 0. The van der Waals surface area contributed by atoms with E-state index in [0.717, 1.165) is 0 Å². The van der Waals surface area contributed by atoms with Crippen LogP contribution in [0, 0.1) is 0 Å². The van der Waals surface area contributed by atoms with E-state index in [1.807, 2.05) is 0 Å². The molecule has 0 aliphatic rings. The van der Waals surface area contributed by atoms with E-state index in [2.05, 4.69) is 0 Å². The summed E-state index contributed by atoms with van der Waals surface area (Å²) in [5.74, 6) is 0. The maximum atomic E-state index is 9.75. The zero-order valence-corrected chi connectivity index (χ0v) is 9.41. The summed E-state index contributed by atoms with van der Waals surface area (Å²) in [6.45, 7) is -0.208. The first-order chi connectivity index (χ1) is 7.07. The summed E-state index contributed by atoms with van der Waals surface area (Å²) in [5.41, 5.74) is 0.293. The Morgan fingerprint density at radius 1 is 1.13 bits per heavy atom. The minimum absolute atomic E-state index is 0.0721. The van der Waals surface area contributed by atoms with Crippen LogP contribution in [0.4, 0.5) is 0 Å². The second-order valence-corrected chi connectivity index (χ2v) is 3.97. The fraction of sp³-hybridized carbons (Fsp3) is 0.400. The van der Waals surface area contributed by atoms with E-state index < -0.39 is 12.2 Å². The molecule has 15 heavy (non-hydrogen) atoms. The standard InChI is InChI=1S/C10H12Cl2O3/c11-6-2-1-3-7(12)9(6)10(15)8(14)4-5-13/h1-3,8,10,13-15H,4-5H2. The van der Waals surface area contributed by atoms with E-state index in [-0.39, 0.29) is 13.0 Å². The van der Waals surface area contributed by atoms with Gasteiger partial charge in [0, 0.05) is 22.2 Å². The Morgan fingerprint density at radius 3 is 2.13 bits per heavy atom. The first-order valence-corrected chi connectivity index (χ1v) is 5.24. The number of rotatable bonds is 4. The monoisotopic (exact) mass is 250 g/mol. The Bertz CT molecular complexity index is 310. The predicted octanol–water partition coefficient (Wildman–Crippen LogP) is 1.77. The zero-order valence-electron chi connectivity index (χ0n) is 7.90. The Morgan fingerprint density at radius 2 is 1.67 bits per heavy atom. The Hall–Kier alpha value is -0.320. The number of aliphatic hydroxyl groups excluding tert-OH is 3. The van der Waals surface area contributed by atoms with Crippen molar-refractivity contribution < 1.29 is 15.3 Å². The van der Waals surface area contributed by atoms with E-state index in [0.29, 0.717) is 15.6 Å². The Kier molecular flexibility index (Phi) is 4.83. The lowest BCUT2D eigenvalue weighted by Crippen LogP contribution is -2.20. The molecular weight excluding hydrogens is 239 g/mol. The largest absolute Gasteiger partial charge is 0.396 e. The zero-order chi connectivity index (χ0) is 11.4. The molecular formula is C10H12Cl2O3. The first kappa shape index (κ1) is 12.7. The number of aliphatic hydroxyl groups is 3. The molecule has 1 rings (SSSR count). The van der Waals surface area contributed by atoms with E-state index >= 15 is 0 Å². The van der Waals surface area contributed by atoms with Gasteiger partial charge in [0.15, 0.2) is 0 Å². The maximum absolute atomic E-state index is 9.75. The smallest absolute Gasteiger partial charge is 0.108 e. The molecule has 1 aromatic carbocycles. The number of benzene rings is 1. The van der Waals surface area contributed by atoms with Gasteiger partial charge in [-0.1, -0.05) is 29.3 Å². The van der Waals surface area contributed by atoms with Crippen LogP contribution in [0.5, 0.6) is 0 Å². The molecule has 0 radical (unpaired) electrons. The summed E-state index contributed by atoms with van der Waals surface area (Å²) in [4.78, 5) is 0. The van der Waals surface area contributed by atoms with Gasteiger partial charge in [-0.05, 0) is 18.6 Å². The highest BCUT2D eigenvalue weighted by Crippen LogP contribution is 2.32. The highest BCUT2D eigenvalue weighted by Gasteiger charge is 2.22. The van der Waals surface area contributed by atoms with Gasteiger partial charge in [-0.25, -0.2) is 0 Å². The lowest BCUT2D eigenvalue weighted by molar-refractivity contribution is 0.00432. The Balaban J connectivity index is 2.94. The van der Waals surface area contributed by atoms with E-state index in [9.17, 15) is 10.2 Å². The van der Waals surface area contributed by atoms with Crippen molar-refractivity contribution >= 4 is 23.2 Å². The molecule has 0 fully saturated rings. The lowest BCUT2D eigenvalue weighted by atomic mass is 10.0. The fourth-order valence-corrected chi connectivity index (χ4v) is 1.90. The topological polar surface area (TPSA) is 60.7 Å². The van der Waals surface area contributed by atoms with Crippen LogP contribution in [0.3, 0.4) is 0 Å². The fourth-order valence-electron chi connectivity index (χ4n) is 1.28. The number of hydrogen-bond donors (Lipinski definition) is 3. The summed E-state index contributed by atoms with van der Waals surface area (Å²) in [6.07, 6.45) is -2.19. The van der Waals surface area contributed by atoms with Crippen LogP contribution in [0.15, 0.2) is 18.2 Å². The van der Waals surface area contributed by atoms with Crippen LogP contribution < -0.4 is 0 Å². The van der Waals surface area contributed by atoms with Gasteiger partial charge in [0.05, 0.1) is 6.10 Å². The Labute approximate surface area is 97.9 Å². The number of halogens is 2. The van der Waals surface area contributed by atoms with Gasteiger partial charge >= 0.3 is 0 Å². The van der Waals surface area contributed by atoms with Crippen molar-refractivity contribution in [1.82, 2.24) is 0 Å². The van der Waals surface area contributed by atoms with Gasteiger partial charge in [0.2, 0.25) is 0 Å². The summed E-state index contributed by atoms with van der Waals surface area (Å²) >= 11 is 11.7. The number of hydrogen-bond acceptors (Lipinski definition) is 3. The molecule has 0 heterocycles. The van der Waals surface area contributed by atoms with Gasteiger partial charge in [-0.3, -0.25) is 0 Å². The predicted molar refractivity (Wildman–Crippen MR) is 59.1 cm³/mol. The van der Waals surface area contributed by atoms with Crippen molar-refractivity contribution in [3.63, 3.8) is 0 Å². The van der Waals surface area contributed by atoms with Gasteiger partial charge in [0.1, 0.15) is 6.10 Å². The van der Waals surface area contributed by atoms with Gasteiger partial charge < -0.3 is 15.3 Å². The van der Waals surface area contributed by atoms with Crippen molar-refractivity contribution in [2.45, 2.75) is 18.6 Å².